The summed E-state index contributed by atoms with van der Waals surface area (Å²) in [6, 6.07) is 0.649. The van der Waals surface area contributed by atoms with Gasteiger partial charge in [0.25, 0.3) is 0 Å². The number of likely N-dealkylation sites (tertiary alicyclic amines) is 1. The van der Waals surface area contributed by atoms with Crippen molar-refractivity contribution in [1.29, 1.82) is 0 Å². The normalized spacial score (nSPS) is 21.2. The Labute approximate surface area is 123 Å². The third-order valence-electron chi connectivity index (χ3n) is 3.64. The van der Waals surface area contributed by atoms with Gasteiger partial charge in [0.05, 0.1) is 11.7 Å². The lowest BCUT2D eigenvalue weighted by atomic mass is 10.1. The molecule has 0 aliphatic carbocycles. The topological polar surface area (TPSA) is 33.1 Å². The maximum absolute atomic E-state index is 4.47. The maximum Gasteiger partial charge on any atom is 0.0543 e. The molecule has 1 aromatic heterocycles. The van der Waals surface area contributed by atoms with Gasteiger partial charge in [-0.3, -0.25) is 9.58 Å². The molecule has 19 heavy (non-hydrogen) atoms. The zero-order chi connectivity index (χ0) is 13.2. The molecule has 1 unspecified atom stereocenters. The monoisotopic (exact) mass is 286 g/mol. The lowest BCUT2D eigenvalue weighted by molar-refractivity contribution is 0.188. The van der Waals surface area contributed by atoms with Gasteiger partial charge in [-0.1, -0.05) is 0 Å². The number of hydrogen-bond acceptors (Lipinski definition) is 3. The number of halogens is 1. The SMILES string of the molecule is CNC1CCCN(Cc2cnn(C(C)(C)C)c2)C1.Cl. The summed E-state index contributed by atoms with van der Waals surface area (Å²) >= 11 is 0. The molecule has 2 heterocycles. The lowest BCUT2D eigenvalue weighted by Gasteiger charge is -2.32. The first-order chi connectivity index (χ1) is 8.49. The number of likely N-dealkylation sites (N-methyl/N-ethyl adjacent to an activating group) is 1. The third kappa shape index (κ3) is 4.48. The molecule has 1 saturated heterocycles. The van der Waals surface area contributed by atoms with E-state index in [0.29, 0.717) is 6.04 Å². The highest BCUT2D eigenvalue weighted by Crippen LogP contribution is 2.16. The zero-order valence-electron chi connectivity index (χ0n) is 12.5. The average Bonchev–Trinajstić information content (AvgIpc) is 2.77. The Morgan fingerprint density at radius 1 is 1.42 bits per heavy atom. The molecule has 0 radical (unpaired) electrons. The van der Waals surface area contributed by atoms with Gasteiger partial charge in [-0.25, -0.2) is 0 Å². The van der Waals surface area contributed by atoms with Crippen molar-refractivity contribution in [2.75, 3.05) is 20.1 Å². The minimum absolute atomic E-state index is 0. The summed E-state index contributed by atoms with van der Waals surface area (Å²) in [7, 11) is 2.06. The van der Waals surface area contributed by atoms with Crippen LogP contribution in [0.25, 0.3) is 0 Å². The van der Waals surface area contributed by atoms with Crippen LogP contribution in [0, 0.1) is 0 Å². The molecule has 1 N–H and O–H groups in total. The van der Waals surface area contributed by atoms with E-state index in [2.05, 4.69) is 54.0 Å². The molecule has 1 aliphatic rings. The molecule has 4 nitrogen and oxygen atoms in total. The van der Waals surface area contributed by atoms with Crippen LogP contribution in [0.1, 0.15) is 39.2 Å². The van der Waals surface area contributed by atoms with E-state index >= 15 is 0 Å². The number of rotatable bonds is 3. The van der Waals surface area contributed by atoms with Crippen LogP contribution in [0.4, 0.5) is 0 Å². The molecule has 110 valence electrons. The first kappa shape index (κ1) is 16.5. The molecule has 1 atom stereocenters. The Bertz CT molecular complexity index is 383. The Morgan fingerprint density at radius 2 is 2.16 bits per heavy atom. The standard InChI is InChI=1S/C14H26N4.ClH/c1-14(2,3)18-10-12(8-16-18)9-17-7-5-6-13(11-17)15-4;/h8,10,13,15H,5-7,9,11H2,1-4H3;1H. The molecule has 1 aromatic rings. The second kappa shape index (κ2) is 6.73. The summed E-state index contributed by atoms with van der Waals surface area (Å²) in [4.78, 5) is 2.52. The fourth-order valence-corrected chi connectivity index (χ4v) is 2.50. The van der Waals surface area contributed by atoms with Crippen LogP contribution >= 0.6 is 12.4 Å². The number of hydrogen-bond donors (Lipinski definition) is 1. The Balaban J connectivity index is 0.00000180. The van der Waals surface area contributed by atoms with Crippen LogP contribution in [-0.2, 0) is 12.1 Å². The molecular weight excluding hydrogens is 260 g/mol. The predicted octanol–water partition coefficient (Wildman–Crippen LogP) is 2.24. The van der Waals surface area contributed by atoms with Gasteiger partial charge >= 0.3 is 0 Å². The largest absolute Gasteiger partial charge is 0.316 e. The number of piperidine rings is 1. The van der Waals surface area contributed by atoms with Gasteiger partial charge in [0, 0.05) is 30.9 Å². The molecule has 1 fully saturated rings. The molecule has 0 saturated carbocycles. The zero-order valence-corrected chi connectivity index (χ0v) is 13.3. The molecule has 5 heteroatoms. The van der Waals surface area contributed by atoms with E-state index in [9.17, 15) is 0 Å². The van der Waals surface area contributed by atoms with Crippen molar-refractivity contribution in [1.82, 2.24) is 20.0 Å². The molecular formula is C14H27ClN4. The summed E-state index contributed by atoms with van der Waals surface area (Å²) in [5.74, 6) is 0. The molecule has 1 aliphatic heterocycles. The summed E-state index contributed by atoms with van der Waals surface area (Å²) in [6.45, 7) is 9.93. The van der Waals surface area contributed by atoms with Crippen LogP contribution in [0.2, 0.25) is 0 Å². The predicted molar refractivity (Wildman–Crippen MR) is 81.8 cm³/mol. The van der Waals surface area contributed by atoms with E-state index in [4.69, 9.17) is 0 Å². The van der Waals surface area contributed by atoms with Gasteiger partial charge in [-0.2, -0.15) is 5.10 Å². The molecule has 0 aromatic carbocycles. The quantitative estimate of drug-likeness (QED) is 0.925. The van der Waals surface area contributed by atoms with Crippen LogP contribution in [0.5, 0.6) is 0 Å². The van der Waals surface area contributed by atoms with Crippen molar-refractivity contribution >= 4 is 12.4 Å². The van der Waals surface area contributed by atoms with Crippen LogP contribution in [-0.4, -0.2) is 40.9 Å². The molecule has 2 rings (SSSR count). The van der Waals surface area contributed by atoms with Crippen LogP contribution in [0.15, 0.2) is 12.4 Å². The smallest absolute Gasteiger partial charge is 0.0543 e. The van der Waals surface area contributed by atoms with Crippen molar-refractivity contribution in [3.8, 4) is 0 Å². The second-order valence-corrected chi connectivity index (χ2v) is 6.33. The first-order valence-electron chi connectivity index (χ1n) is 6.92. The van der Waals surface area contributed by atoms with E-state index in [1.165, 1.54) is 24.9 Å². The van der Waals surface area contributed by atoms with Crippen LogP contribution in [0.3, 0.4) is 0 Å². The van der Waals surface area contributed by atoms with Crippen molar-refractivity contribution in [2.24, 2.45) is 0 Å². The number of nitrogens with one attached hydrogen (secondary N) is 1. The van der Waals surface area contributed by atoms with Gasteiger partial charge in [-0.15, -0.1) is 12.4 Å². The van der Waals surface area contributed by atoms with Gasteiger partial charge in [0.2, 0.25) is 0 Å². The fraction of sp³-hybridized carbons (Fsp3) is 0.786. The highest BCUT2D eigenvalue weighted by Gasteiger charge is 2.20. The van der Waals surface area contributed by atoms with E-state index in [1.54, 1.807) is 0 Å². The molecule has 0 bridgehead atoms. The van der Waals surface area contributed by atoms with Crippen molar-refractivity contribution in [3.05, 3.63) is 18.0 Å². The van der Waals surface area contributed by atoms with Gasteiger partial charge in [0.15, 0.2) is 0 Å². The van der Waals surface area contributed by atoms with E-state index in [-0.39, 0.29) is 17.9 Å². The van der Waals surface area contributed by atoms with E-state index in [0.717, 1.165) is 13.1 Å². The van der Waals surface area contributed by atoms with E-state index < -0.39 is 0 Å². The summed E-state index contributed by atoms with van der Waals surface area (Å²) in [6.07, 6.45) is 6.78. The highest BCUT2D eigenvalue weighted by molar-refractivity contribution is 5.85. The molecule has 0 spiro atoms. The number of aromatic nitrogens is 2. The minimum atomic E-state index is 0. The minimum Gasteiger partial charge on any atom is -0.316 e. The summed E-state index contributed by atoms with van der Waals surface area (Å²) in [5, 5.41) is 7.85. The Kier molecular flexibility index (Phi) is 5.83. The first-order valence-corrected chi connectivity index (χ1v) is 6.92. The van der Waals surface area contributed by atoms with Gasteiger partial charge in [0.1, 0.15) is 0 Å². The van der Waals surface area contributed by atoms with E-state index in [1.807, 2.05) is 6.20 Å². The van der Waals surface area contributed by atoms with Crippen molar-refractivity contribution < 1.29 is 0 Å². The summed E-state index contributed by atoms with van der Waals surface area (Å²) in [5.41, 5.74) is 1.40. The van der Waals surface area contributed by atoms with Crippen molar-refractivity contribution in [2.45, 2.75) is 51.7 Å². The number of nitrogens with zero attached hydrogens (tertiary/aromatic N) is 3. The van der Waals surface area contributed by atoms with Gasteiger partial charge in [-0.05, 0) is 47.2 Å². The van der Waals surface area contributed by atoms with Gasteiger partial charge < -0.3 is 5.32 Å². The van der Waals surface area contributed by atoms with Crippen LogP contribution < -0.4 is 5.32 Å². The Hall–Kier alpha value is -0.580. The average molecular weight is 287 g/mol. The highest BCUT2D eigenvalue weighted by atomic mass is 35.5. The fourth-order valence-electron chi connectivity index (χ4n) is 2.50. The lowest BCUT2D eigenvalue weighted by Crippen LogP contribution is -2.43. The summed E-state index contributed by atoms with van der Waals surface area (Å²) < 4.78 is 2.06. The van der Waals surface area contributed by atoms with Crippen molar-refractivity contribution in [3.63, 3.8) is 0 Å². The third-order valence-corrected chi connectivity index (χ3v) is 3.64. The Morgan fingerprint density at radius 3 is 2.74 bits per heavy atom. The maximum atomic E-state index is 4.47. The second-order valence-electron chi connectivity index (χ2n) is 6.33. The molecule has 0 amide bonds.